The number of Topliss-reactive ketones (excluding diaryl/α,β-unsaturated/α-hetero) is 1. The molecule has 2 aromatic heterocycles. The van der Waals surface area contributed by atoms with Crippen LogP contribution in [0.15, 0.2) is 82.5 Å². The number of nitrogens with zero attached hydrogens (tertiary/aromatic N) is 2. The van der Waals surface area contributed by atoms with Crippen LogP contribution in [0.1, 0.15) is 48.3 Å². The van der Waals surface area contributed by atoms with Crippen molar-refractivity contribution in [1.29, 1.82) is 0 Å². The van der Waals surface area contributed by atoms with Crippen molar-refractivity contribution in [2.24, 2.45) is 0 Å². The molecular weight excluding hydrogens is 559 g/mol. The highest BCUT2D eigenvalue weighted by molar-refractivity contribution is 7.22. The summed E-state index contributed by atoms with van der Waals surface area (Å²) in [6, 6.07) is 16.9. The molecule has 1 aliphatic rings. The Balaban J connectivity index is 1.46. The van der Waals surface area contributed by atoms with Crippen LogP contribution in [0.2, 0.25) is 0 Å². The van der Waals surface area contributed by atoms with Crippen LogP contribution in [0, 0.1) is 5.82 Å². The average molecular weight is 587 g/mol. The summed E-state index contributed by atoms with van der Waals surface area (Å²) < 4.78 is 31.8. The monoisotopic (exact) mass is 586 g/mol. The fourth-order valence-electron chi connectivity index (χ4n) is 5.07. The Labute approximate surface area is 244 Å². The number of ketones is 1. The third-order valence-electron chi connectivity index (χ3n) is 7.16. The molecule has 1 N–H and O–H groups in total. The molecule has 10 heteroatoms. The topological polar surface area (TPSA) is 102 Å². The van der Waals surface area contributed by atoms with Crippen LogP contribution in [0.4, 0.5) is 9.52 Å². The number of halogens is 1. The summed E-state index contributed by atoms with van der Waals surface area (Å²) in [6.45, 7) is 2.62. The number of unbranched alkanes of at least 4 members (excludes halogenated alkanes) is 2. The van der Waals surface area contributed by atoms with E-state index in [1.54, 1.807) is 42.5 Å². The zero-order valence-corrected chi connectivity index (χ0v) is 23.7. The molecular formula is C32H27FN2O6S. The van der Waals surface area contributed by atoms with Gasteiger partial charge < -0.3 is 19.0 Å². The first-order valence-corrected chi connectivity index (χ1v) is 14.4. The van der Waals surface area contributed by atoms with Gasteiger partial charge in [0.25, 0.3) is 5.91 Å². The normalized spacial score (nSPS) is 15.3. The van der Waals surface area contributed by atoms with Crippen molar-refractivity contribution in [2.75, 3.05) is 18.6 Å². The fraction of sp³-hybridized carbons (Fsp3) is 0.219. The third-order valence-corrected chi connectivity index (χ3v) is 8.17. The van der Waals surface area contributed by atoms with Crippen LogP contribution >= 0.6 is 11.3 Å². The zero-order valence-electron chi connectivity index (χ0n) is 22.9. The molecule has 0 saturated carbocycles. The number of fused-ring (bicyclic) bond motifs is 2. The highest BCUT2D eigenvalue weighted by atomic mass is 32.1. The molecule has 42 heavy (non-hydrogen) atoms. The molecule has 0 spiro atoms. The van der Waals surface area contributed by atoms with E-state index in [-0.39, 0.29) is 16.5 Å². The largest absolute Gasteiger partial charge is 0.503 e. The lowest BCUT2D eigenvalue weighted by atomic mass is 9.95. The van der Waals surface area contributed by atoms with Crippen LogP contribution < -0.4 is 14.4 Å². The second kappa shape index (κ2) is 11.3. The van der Waals surface area contributed by atoms with Crippen molar-refractivity contribution in [3.8, 4) is 11.5 Å². The van der Waals surface area contributed by atoms with E-state index < -0.39 is 29.3 Å². The number of methoxy groups -OCH3 is 1. The number of carbonyl (C=O) groups excluding carboxylic acids is 2. The van der Waals surface area contributed by atoms with E-state index in [1.807, 2.05) is 6.07 Å². The minimum Gasteiger partial charge on any atom is -0.503 e. The molecule has 5 aromatic rings. The van der Waals surface area contributed by atoms with Crippen LogP contribution in [-0.2, 0) is 4.79 Å². The number of anilines is 1. The molecule has 0 aliphatic carbocycles. The number of aliphatic hydroxyl groups excluding tert-OH is 1. The Morgan fingerprint density at radius 2 is 1.93 bits per heavy atom. The minimum absolute atomic E-state index is 0.0217. The molecule has 3 aromatic carbocycles. The van der Waals surface area contributed by atoms with Crippen molar-refractivity contribution in [2.45, 2.75) is 32.2 Å². The van der Waals surface area contributed by atoms with Gasteiger partial charge in [-0.2, -0.15) is 0 Å². The zero-order chi connectivity index (χ0) is 29.4. The summed E-state index contributed by atoms with van der Waals surface area (Å²) in [5, 5.41) is 12.1. The average Bonchev–Trinajstić information content (AvgIpc) is 3.69. The maximum Gasteiger partial charge on any atom is 0.296 e. The summed E-state index contributed by atoms with van der Waals surface area (Å²) in [4.78, 5) is 33.4. The molecule has 0 saturated heterocycles. The lowest BCUT2D eigenvalue weighted by molar-refractivity contribution is -0.117. The number of amides is 1. The molecule has 1 unspecified atom stereocenters. The van der Waals surface area contributed by atoms with E-state index in [2.05, 4.69) is 11.9 Å². The highest BCUT2D eigenvalue weighted by Gasteiger charge is 2.47. The number of benzene rings is 3. The minimum atomic E-state index is -1.08. The van der Waals surface area contributed by atoms with Crippen molar-refractivity contribution in [1.82, 2.24) is 4.98 Å². The Bertz CT molecular complexity index is 1830. The fourth-order valence-corrected chi connectivity index (χ4v) is 6.09. The number of hydrogen-bond donors (Lipinski definition) is 1. The van der Waals surface area contributed by atoms with Gasteiger partial charge in [-0.25, -0.2) is 9.37 Å². The van der Waals surface area contributed by atoms with Gasteiger partial charge >= 0.3 is 0 Å². The summed E-state index contributed by atoms with van der Waals surface area (Å²) in [5.74, 6) is -1.70. The van der Waals surface area contributed by atoms with E-state index in [0.29, 0.717) is 44.9 Å². The molecule has 0 bridgehead atoms. The number of rotatable bonds is 10. The number of furan rings is 1. The standard InChI is InChI=1S/C32H27FN2O6S/c1-3-4-7-14-40-23-13-10-19(16-24(23)39-2)28-27(29(36)25-15-18-8-5-6-9-22(18)41-25)30(37)31(38)35(28)32-34-21-12-11-20(33)17-26(21)42-32/h5-6,8-13,15-17,28,37H,3-4,7,14H2,1-2H3. The Morgan fingerprint density at radius 1 is 1.10 bits per heavy atom. The molecule has 8 nitrogen and oxygen atoms in total. The van der Waals surface area contributed by atoms with Crippen LogP contribution in [-0.4, -0.2) is 35.5 Å². The summed E-state index contributed by atoms with van der Waals surface area (Å²) in [6.07, 6.45) is 2.97. The van der Waals surface area contributed by atoms with Gasteiger partial charge in [0, 0.05) is 5.39 Å². The van der Waals surface area contributed by atoms with Crippen LogP contribution in [0.3, 0.4) is 0 Å². The van der Waals surface area contributed by atoms with Crippen LogP contribution in [0.5, 0.6) is 11.5 Å². The van der Waals surface area contributed by atoms with Gasteiger partial charge in [0.2, 0.25) is 5.78 Å². The van der Waals surface area contributed by atoms with E-state index in [1.165, 1.54) is 30.2 Å². The number of carbonyl (C=O) groups is 2. The lowest BCUT2D eigenvalue weighted by Crippen LogP contribution is -2.31. The third kappa shape index (κ3) is 4.87. The highest BCUT2D eigenvalue weighted by Crippen LogP contribution is 2.46. The molecule has 1 amide bonds. The van der Waals surface area contributed by atoms with Gasteiger partial charge in [-0.3, -0.25) is 14.5 Å². The molecule has 1 aliphatic heterocycles. The maximum atomic E-state index is 14.0. The van der Waals surface area contributed by atoms with E-state index in [9.17, 15) is 19.1 Å². The smallest absolute Gasteiger partial charge is 0.296 e. The van der Waals surface area contributed by atoms with E-state index in [4.69, 9.17) is 13.9 Å². The summed E-state index contributed by atoms with van der Waals surface area (Å²) in [7, 11) is 1.51. The molecule has 214 valence electrons. The van der Waals surface area contributed by atoms with E-state index in [0.717, 1.165) is 30.6 Å². The predicted octanol–water partition coefficient (Wildman–Crippen LogP) is 7.54. The van der Waals surface area contributed by atoms with Crippen molar-refractivity contribution in [3.05, 3.63) is 95.2 Å². The number of hydrogen-bond acceptors (Lipinski definition) is 8. The summed E-state index contributed by atoms with van der Waals surface area (Å²) >= 11 is 1.08. The first kappa shape index (κ1) is 27.5. The van der Waals surface area contributed by atoms with Crippen molar-refractivity contribution in [3.63, 3.8) is 0 Å². The van der Waals surface area contributed by atoms with Crippen molar-refractivity contribution >= 4 is 49.3 Å². The quantitative estimate of drug-likeness (QED) is 0.133. The van der Waals surface area contributed by atoms with Gasteiger partial charge in [-0.1, -0.05) is 55.4 Å². The SMILES string of the molecule is CCCCCOc1ccc(C2C(C(=O)c3cc4ccccc4o3)=C(O)C(=O)N2c2nc3ccc(F)cc3s2)cc1OC. The first-order valence-electron chi connectivity index (χ1n) is 13.6. The molecule has 0 radical (unpaired) electrons. The number of aliphatic hydroxyl groups is 1. The van der Waals surface area contributed by atoms with Gasteiger partial charge in [0.05, 0.1) is 35.5 Å². The second-order valence-corrected chi connectivity index (χ2v) is 10.9. The number of aromatic nitrogens is 1. The number of thiazole rings is 1. The summed E-state index contributed by atoms with van der Waals surface area (Å²) in [5.41, 5.74) is 1.30. The maximum absolute atomic E-state index is 14.0. The Kier molecular flexibility index (Phi) is 7.38. The first-order chi connectivity index (χ1) is 20.4. The molecule has 1 atom stereocenters. The Hall–Kier alpha value is -4.70. The van der Waals surface area contributed by atoms with Gasteiger partial charge in [-0.15, -0.1) is 0 Å². The molecule has 6 rings (SSSR count). The number of ether oxygens (including phenoxy) is 2. The van der Waals surface area contributed by atoms with Crippen molar-refractivity contribution < 1.29 is 33.0 Å². The molecule has 3 heterocycles. The molecule has 0 fully saturated rings. The Morgan fingerprint density at radius 3 is 2.71 bits per heavy atom. The van der Waals surface area contributed by atoms with Gasteiger partial charge in [-0.05, 0) is 54.4 Å². The predicted molar refractivity (Wildman–Crippen MR) is 158 cm³/mol. The lowest BCUT2D eigenvalue weighted by Gasteiger charge is -2.25. The second-order valence-electron chi connectivity index (χ2n) is 9.89. The van der Waals surface area contributed by atoms with Gasteiger partial charge in [0.15, 0.2) is 28.1 Å². The van der Waals surface area contributed by atoms with Gasteiger partial charge in [0.1, 0.15) is 11.4 Å². The number of para-hydroxylation sites is 1. The van der Waals surface area contributed by atoms with E-state index >= 15 is 0 Å². The van der Waals surface area contributed by atoms with Crippen LogP contribution in [0.25, 0.3) is 21.2 Å².